The van der Waals surface area contributed by atoms with Crippen LogP contribution in [-0.4, -0.2) is 27.2 Å². The third-order valence-electron chi connectivity index (χ3n) is 6.63. The molecule has 0 bridgehead atoms. The van der Waals surface area contributed by atoms with Crippen LogP contribution in [0.15, 0.2) is 66.1 Å². The summed E-state index contributed by atoms with van der Waals surface area (Å²) in [7, 11) is -4.14. The number of hydrogen-bond acceptors (Lipinski definition) is 6. The Balaban J connectivity index is 1.57. The fraction of sp³-hybridized carbons (Fsp3) is 0.250. The van der Waals surface area contributed by atoms with Crippen LogP contribution in [0.4, 0.5) is 0 Å². The van der Waals surface area contributed by atoms with Crippen molar-refractivity contribution in [3.63, 3.8) is 0 Å². The van der Waals surface area contributed by atoms with Gasteiger partial charge in [0.25, 0.3) is 0 Å². The molecular weight excluding hydrogens is 512 g/mol. The summed E-state index contributed by atoms with van der Waals surface area (Å²) in [6.45, 7) is 13.7. The van der Waals surface area contributed by atoms with E-state index in [1.807, 2.05) is 63.3 Å². The smallest absolute Gasteiger partial charge is 0.339 e. The van der Waals surface area contributed by atoms with Crippen molar-refractivity contribution in [3.05, 3.63) is 94.6 Å². The molecule has 5 rings (SSSR count). The van der Waals surface area contributed by atoms with Gasteiger partial charge in [0.2, 0.25) is 0 Å². The molecule has 0 unspecified atom stereocenters. The van der Waals surface area contributed by atoms with E-state index in [-0.39, 0.29) is 23.9 Å². The first-order valence-corrected chi connectivity index (χ1v) is 14.2. The topological polar surface area (TPSA) is 71.1 Å². The van der Waals surface area contributed by atoms with Crippen LogP contribution in [0, 0.1) is 20.8 Å². The van der Waals surface area contributed by atoms with Gasteiger partial charge in [0, 0.05) is 22.8 Å². The predicted octanol–water partition coefficient (Wildman–Crippen LogP) is 7.06. The summed E-state index contributed by atoms with van der Waals surface area (Å²) < 4.78 is 51.0. The molecule has 0 saturated heterocycles. The Morgan fingerprint density at radius 3 is 2.51 bits per heavy atom. The quantitative estimate of drug-likeness (QED) is 0.234. The third-order valence-corrected chi connectivity index (χ3v) is 8.18. The van der Waals surface area contributed by atoms with Gasteiger partial charge in [-0.25, -0.2) is 0 Å². The molecule has 0 fully saturated rings. The number of benzene rings is 3. The second kappa shape index (κ2) is 9.97. The maximum Gasteiger partial charge on any atom is 0.339 e. The first kappa shape index (κ1) is 26.6. The van der Waals surface area contributed by atoms with Crippen molar-refractivity contribution in [2.45, 2.75) is 45.1 Å². The minimum atomic E-state index is -4.14. The fourth-order valence-corrected chi connectivity index (χ4v) is 6.42. The zero-order chi connectivity index (χ0) is 27.9. The summed E-state index contributed by atoms with van der Waals surface area (Å²) >= 11 is 0. The van der Waals surface area contributed by atoms with Crippen LogP contribution < -0.4 is 18.4 Å². The summed E-state index contributed by atoms with van der Waals surface area (Å²) in [6, 6.07) is 12.7. The molecule has 0 aliphatic carbocycles. The van der Waals surface area contributed by atoms with Crippen molar-refractivity contribution in [2.75, 3.05) is 13.2 Å². The van der Waals surface area contributed by atoms with Gasteiger partial charge in [0.05, 0.1) is 5.56 Å². The first-order valence-electron chi connectivity index (χ1n) is 12.8. The molecule has 0 N–H and O–H groups in total. The average molecular weight is 545 g/mol. The minimum absolute atomic E-state index is 0.164. The Morgan fingerprint density at radius 2 is 1.79 bits per heavy atom. The lowest BCUT2D eigenvalue weighted by Crippen LogP contribution is -2.27. The SMILES string of the molecule is C=CCOc1ccc(C2=Cc3ccc4c(c3OC2)C=CC(C)(C)O4)c(OS(=O)(=O)c2c(C)cc(C)cc2C)c1. The van der Waals surface area contributed by atoms with E-state index in [9.17, 15) is 8.42 Å². The maximum atomic E-state index is 13.6. The largest absolute Gasteiger partial charge is 0.489 e. The summed E-state index contributed by atoms with van der Waals surface area (Å²) in [5.41, 5.74) is 4.99. The molecule has 0 saturated carbocycles. The van der Waals surface area contributed by atoms with Crippen molar-refractivity contribution in [1.29, 1.82) is 0 Å². The maximum absolute atomic E-state index is 13.6. The van der Waals surface area contributed by atoms with Crippen LogP contribution in [0.2, 0.25) is 0 Å². The lowest BCUT2D eigenvalue weighted by atomic mass is 9.95. The monoisotopic (exact) mass is 544 g/mol. The van der Waals surface area contributed by atoms with Crippen molar-refractivity contribution in [2.24, 2.45) is 0 Å². The van der Waals surface area contributed by atoms with Crippen LogP contribution >= 0.6 is 0 Å². The van der Waals surface area contributed by atoms with Crippen molar-refractivity contribution < 1.29 is 26.8 Å². The van der Waals surface area contributed by atoms with Gasteiger partial charge in [0.15, 0.2) is 5.75 Å². The summed E-state index contributed by atoms with van der Waals surface area (Å²) in [4.78, 5) is 0.164. The Bertz CT molecular complexity index is 1620. The fourth-order valence-electron chi connectivity index (χ4n) is 5.06. The zero-order valence-corrected chi connectivity index (χ0v) is 23.6. The van der Waals surface area contributed by atoms with Crippen LogP contribution in [-0.2, 0) is 10.1 Å². The van der Waals surface area contributed by atoms with Gasteiger partial charge in [-0.1, -0.05) is 30.4 Å². The van der Waals surface area contributed by atoms with Crippen LogP contribution in [0.1, 0.15) is 47.2 Å². The highest BCUT2D eigenvalue weighted by molar-refractivity contribution is 7.87. The molecule has 202 valence electrons. The van der Waals surface area contributed by atoms with Crippen molar-refractivity contribution >= 4 is 27.8 Å². The van der Waals surface area contributed by atoms with E-state index < -0.39 is 15.7 Å². The van der Waals surface area contributed by atoms with E-state index in [4.69, 9.17) is 18.4 Å². The van der Waals surface area contributed by atoms with Gasteiger partial charge in [0.1, 0.15) is 41.0 Å². The molecule has 2 aliphatic rings. The molecule has 2 heterocycles. The van der Waals surface area contributed by atoms with Gasteiger partial charge in [-0.2, -0.15) is 8.42 Å². The molecular formula is C32H32O6S. The highest BCUT2D eigenvalue weighted by Crippen LogP contribution is 2.44. The van der Waals surface area contributed by atoms with Gasteiger partial charge < -0.3 is 18.4 Å². The van der Waals surface area contributed by atoms with Gasteiger partial charge in [-0.15, -0.1) is 0 Å². The Morgan fingerprint density at radius 1 is 1.05 bits per heavy atom. The lowest BCUT2D eigenvalue weighted by molar-refractivity contribution is 0.158. The number of hydrogen-bond donors (Lipinski definition) is 0. The van der Waals surface area contributed by atoms with E-state index in [0.717, 1.165) is 33.8 Å². The second-order valence-electron chi connectivity index (χ2n) is 10.4. The average Bonchev–Trinajstić information content (AvgIpc) is 2.85. The summed E-state index contributed by atoms with van der Waals surface area (Å²) in [5.74, 6) is 2.13. The first-order chi connectivity index (χ1) is 18.5. The number of fused-ring (bicyclic) bond motifs is 3. The molecule has 0 radical (unpaired) electrons. The molecule has 0 atom stereocenters. The van der Waals surface area contributed by atoms with E-state index in [1.165, 1.54) is 0 Å². The zero-order valence-electron chi connectivity index (χ0n) is 22.8. The van der Waals surface area contributed by atoms with Gasteiger partial charge >= 0.3 is 10.1 Å². The van der Waals surface area contributed by atoms with Crippen LogP contribution in [0.25, 0.3) is 17.7 Å². The Hall–Kier alpha value is -3.97. The number of aryl methyl sites for hydroxylation is 3. The summed E-state index contributed by atoms with van der Waals surface area (Å²) in [5, 5.41) is 0. The van der Waals surface area contributed by atoms with Crippen LogP contribution in [0.5, 0.6) is 23.0 Å². The van der Waals surface area contributed by atoms with Crippen molar-refractivity contribution in [1.82, 2.24) is 0 Å². The minimum Gasteiger partial charge on any atom is -0.489 e. The van der Waals surface area contributed by atoms with E-state index >= 15 is 0 Å². The predicted molar refractivity (Wildman–Crippen MR) is 154 cm³/mol. The molecule has 39 heavy (non-hydrogen) atoms. The molecule has 0 aromatic heterocycles. The molecule has 3 aromatic carbocycles. The normalized spacial score (nSPS) is 15.3. The Kier molecular flexibility index (Phi) is 6.81. The highest BCUT2D eigenvalue weighted by Gasteiger charge is 2.28. The molecule has 7 heteroatoms. The van der Waals surface area contributed by atoms with Crippen LogP contribution in [0.3, 0.4) is 0 Å². The molecule has 6 nitrogen and oxygen atoms in total. The van der Waals surface area contributed by atoms with Crippen molar-refractivity contribution in [3.8, 4) is 23.0 Å². The highest BCUT2D eigenvalue weighted by atomic mass is 32.2. The number of rotatable bonds is 7. The van der Waals surface area contributed by atoms with Gasteiger partial charge in [-0.05, 0) is 88.2 Å². The summed E-state index contributed by atoms with van der Waals surface area (Å²) in [6.07, 6.45) is 7.65. The van der Waals surface area contributed by atoms with E-state index in [1.54, 1.807) is 38.1 Å². The molecule has 0 spiro atoms. The second-order valence-corrected chi connectivity index (χ2v) is 11.9. The molecule has 3 aromatic rings. The number of ether oxygens (including phenoxy) is 3. The molecule has 0 amide bonds. The van der Waals surface area contributed by atoms with Gasteiger partial charge in [-0.3, -0.25) is 0 Å². The molecule has 2 aliphatic heterocycles. The lowest BCUT2D eigenvalue weighted by Gasteiger charge is -2.30. The Labute approximate surface area is 230 Å². The van der Waals surface area contributed by atoms with E-state index in [0.29, 0.717) is 22.4 Å². The standard InChI is InChI=1S/C32H32O6S/c1-7-14-35-25-9-10-26(29(18-25)38-39(33,34)31-21(3)15-20(2)16-22(31)4)24-17-23-8-11-28-27(30(23)36-19-24)12-13-32(5,6)37-28/h7-13,15-18H,1,14,19H2,2-6H3. The third kappa shape index (κ3) is 5.32. The van der Waals surface area contributed by atoms with E-state index in [2.05, 4.69) is 6.58 Å².